The van der Waals surface area contributed by atoms with Crippen LogP contribution in [0.3, 0.4) is 0 Å². The van der Waals surface area contributed by atoms with E-state index in [0.29, 0.717) is 5.92 Å². The molecule has 0 aromatic heterocycles. The fourth-order valence-corrected chi connectivity index (χ4v) is 2.88. The van der Waals surface area contributed by atoms with Gasteiger partial charge in [-0.2, -0.15) is 0 Å². The van der Waals surface area contributed by atoms with Crippen molar-refractivity contribution < 1.29 is 0 Å². The molecular weight excluding hydrogens is 180 g/mol. The van der Waals surface area contributed by atoms with Crippen LogP contribution in [0, 0.1) is 5.92 Å². The van der Waals surface area contributed by atoms with Gasteiger partial charge < -0.3 is 0 Å². The van der Waals surface area contributed by atoms with Crippen LogP contribution in [0.1, 0.15) is 40.0 Å². The highest BCUT2D eigenvalue weighted by atomic mass is 14.2. The van der Waals surface area contributed by atoms with Crippen LogP contribution in [0.25, 0.3) is 0 Å². The Labute approximate surface area is 93.1 Å². The van der Waals surface area contributed by atoms with E-state index in [1.807, 2.05) is 0 Å². The average Bonchev–Trinajstić information content (AvgIpc) is 2.17. The zero-order chi connectivity index (χ0) is 10.8. The molecular formula is C15H20. The summed E-state index contributed by atoms with van der Waals surface area (Å²) in [5.74, 6) is 0.702. The second-order valence-corrected chi connectivity index (χ2v) is 4.85. The second kappa shape index (κ2) is 4.22. The first kappa shape index (κ1) is 10.5. The maximum atomic E-state index is 2.36. The van der Waals surface area contributed by atoms with Crippen molar-refractivity contribution in [1.29, 1.82) is 0 Å². The van der Waals surface area contributed by atoms with Crippen molar-refractivity contribution in [3.8, 4) is 0 Å². The van der Waals surface area contributed by atoms with E-state index >= 15 is 0 Å². The summed E-state index contributed by atoms with van der Waals surface area (Å²) in [6.07, 6.45) is 12.8. The standard InChI is InChI=1S/C15H20/c1-11-9-12(2)15(13(3)10-11)14-7-5-4-6-8-14/h4-5,7,9,13H,6,8,10H2,1-3H3. The summed E-state index contributed by atoms with van der Waals surface area (Å²) in [5, 5.41) is 0. The Morgan fingerprint density at radius 2 is 2.07 bits per heavy atom. The average molecular weight is 200 g/mol. The summed E-state index contributed by atoms with van der Waals surface area (Å²) in [5.41, 5.74) is 6.17. The minimum atomic E-state index is 0.702. The van der Waals surface area contributed by atoms with Crippen LogP contribution < -0.4 is 0 Å². The second-order valence-electron chi connectivity index (χ2n) is 4.85. The lowest BCUT2D eigenvalue weighted by atomic mass is 9.79. The van der Waals surface area contributed by atoms with Crippen molar-refractivity contribution >= 4 is 0 Å². The third-order valence-corrected chi connectivity index (χ3v) is 3.37. The first-order valence-electron chi connectivity index (χ1n) is 5.92. The molecule has 15 heavy (non-hydrogen) atoms. The molecule has 0 nitrogen and oxygen atoms in total. The molecule has 0 heterocycles. The molecule has 0 saturated heterocycles. The highest BCUT2D eigenvalue weighted by Crippen LogP contribution is 2.36. The van der Waals surface area contributed by atoms with Gasteiger partial charge in [0.2, 0.25) is 0 Å². The Hall–Kier alpha value is -1.04. The van der Waals surface area contributed by atoms with E-state index in [9.17, 15) is 0 Å². The maximum Gasteiger partial charge on any atom is -0.0148 e. The van der Waals surface area contributed by atoms with Crippen LogP contribution in [0.5, 0.6) is 0 Å². The van der Waals surface area contributed by atoms with Crippen LogP contribution in [0.4, 0.5) is 0 Å². The summed E-state index contributed by atoms with van der Waals surface area (Å²) >= 11 is 0. The molecule has 0 spiro atoms. The molecule has 0 N–H and O–H groups in total. The van der Waals surface area contributed by atoms with E-state index in [4.69, 9.17) is 0 Å². The van der Waals surface area contributed by atoms with Gasteiger partial charge in [0.05, 0.1) is 0 Å². The van der Waals surface area contributed by atoms with Crippen LogP contribution in [0.15, 0.2) is 46.6 Å². The van der Waals surface area contributed by atoms with Crippen molar-refractivity contribution in [2.45, 2.75) is 40.0 Å². The molecule has 0 bridgehead atoms. The quantitative estimate of drug-likeness (QED) is 0.582. The third kappa shape index (κ3) is 2.14. The molecule has 2 aliphatic rings. The Kier molecular flexibility index (Phi) is 2.95. The predicted molar refractivity (Wildman–Crippen MR) is 66.7 cm³/mol. The Bertz CT molecular complexity index is 375. The van der Waals surface area contributed by atoms with Gasteiger partial charge in [0, 0.05) is 0 Å². The van der Waals surface area contributed by atoms with Gasteiger partial charge in [-0.25, -0.2) is 0 Å². The van der Waals surface area contributed by atoms with E-state index < -0.39 is 0 Å². The molecule has 2 aliphatic carbocycles. The third-order valence-electron chi connectivity index (χ3n) is 3.37. The fourth-order valence-electron chi connectivity index (χ4n) is 2.88. The van der Waals surface area contributed by atoms with Crippen molar-refractivity contribution in [1.82, 2.24) is 0 Å². The van der Waals surface area contributed by atoms with Crippen molar-refractivity contribution in [2.24, 2.45) is 5.92 Å². The van der Waals surface area contributed by atoms with Gasteiger partial charge in [-0.15, -0.1) is 0 Å². The zero-order valence-corrected chi connectivity index (χ0v) is 10.0. The highest BCUT2D eigenvalue weighted by Gasteiger charge is 2.19. The lowest BCUT2D eigenvalue weighted by Crippen LogP contribution is -2.10. The van der Waals surface area contributed by atoms with E-state index in [-0.39, 0.29) is 0 Å². The van der Waals surface area contributed by atoms with Crippen LogP contribution in [-0.4, -0.2) is 0 Å². The largest absolute Gasteiger partial charge is 0.0842 e. The first-order chi connectivity index (χ1) is 7.18. The number of allylic oxidation sites excluding steroid dienone is 8. The maximum absolute atomic E-state index is 2.36. The van der Waals surface area contributed by atoms with Gasteiger partial charge in [-0.1, -0.05) is 36.8 Å². The summed E-state index contributed by atoms with van der Waals surface area (Å²) in [4.78, 5) is 0. The Morgan fingerprint density at radius 1 is 1.27 bits per heavy atom. The molecule has 0 fully saturated rings. The zero-order valence-electron chi connectivity index (χ0n) is 10.0. The molecule has 0 radical (unpaired) electrons. The molecule has 2 rings (SSSR count). The predicted octanol–water partition coefficient (Wildman–Crippen LogP) is 4.57. The Balaban J connectivity index is 2.37. The monoisotopic (exact) mass is 200 g/mol. The van der Waals surface area contributed by atoms with Crippen molar-refractivity contribution in [3.63, 3.8) is 0 Å². The molecule has 0 aliphatic heterocycles. The molecule has 0 heteroatoms. The molecule has 1 atom stereocenters. The van der Waals surface area contributed by atoms with Crippen molar-refractivity contribution in [2.75, 3.05) is 0 Å². The minimum Gasteiger partial charge on any atom is -0.0842 e. The van der Waals surface area contributed by atoms with E-state index in [1.54, 1.807) is 11.1 Å². The molecule has 80 valence electrons. The normalized spacial score (nSPS) is 26.5. The van der Waals surface area contributed by atoms with Crippen LogP contribution in [0.2, 0.25) is 0 Å². The molecule has 0 aromatic carbocycles. The summed E-state index contributed by atoms with van der Waals surface area (Å²) in [6.45, 7) is 6.86. The summed E-state index contributed by atoms with van der Waals surface area (Å²) in [7, 11) is 0. The van der Waals surface area contributed by atoms with Gasteiger partial charge in [0.25, 0.3) is 0 Å². The van der Waals surface area contributed by atoms with Gasteiger partial charge >= 0.3 is 0 Å². The molecule has 1 unspecified atom stereocenters. The summed E-state index contributed by atoms with van der Waals surface area (Å²) < 4.78 is 0. The smallest absolute Gasteiger partial charge is 0.0148 e. The lowest BCUT2D eigenvalue weighted by molar-refractivity contribution is 0.651. The molecule has 0 aromatic rings. The van der Waals surface area contributed by atoms with Gasteiger partial charge in [0.15, 0.2) is 0 Å². The van der Waals surface area contributed by atoms with Crippen LogP contribution in [-0.2, 0) is 0 Å². The number of rotatable bonds is 1. The van der Waals surface area contributed by atoms with Gasteiger partial charge in [0.1, 0.15) is 0 Å². The van der Waals surface area contributed by atoms with E-state index in [1.165, 1.54) is 30.4 Å². The van der Waals surface area contributed by atoms with Gasteiger partial charge in [-0.3, -0.25) is 0 Å². The first-order valence-corrected chi connectivity index (χ1v) is 5.92. The Morgan fingerprint density at radius 3 is 2.67 bits per heavy atom. The number of hydrogen-bond acceptors (Lipinski definition) is 0. The summed E-state index contributed by atoms with van der Waals surface area (Å²) in [6, 6.07) is 0. The molecule has 0 amide bonds. The topological polar surface area (TPSA) is 0 Å². The van der Waals surface area contributed by atoms with Crippen LogP contribution >= 0.6 is 0 Å². The SMILES string of the molecule is CC1=CC(C)=C(C2=CC=CCC2)C(C)C1. The highest BCUT2D eigenvalue weighted by molar-refractivity contribution is 5.46. The lowest BCUT2D eigenvalue weighted by Gasteiger charge is -2.26. The van der Waals surface area contributed by atoms with E-state index in [0.717, 1.165) is 0 Å². The number of hydrogen-bond donors (Lipinski definition) is 0. The van der Waals surface area contributed by atoms with E-state index in [2.05, 4.69) is 45.1 Å². The minimum absolute atomic E-state index is 0.702. The fraction of sp³-hybridized carbons (Fsp3) is 0.467. The molecule has 0 saturated carbocycles. The van der Waals surface area contributed by atoms with Crippen molar-refractivity contribution in [3.05, 3.63) is 46.6 Å². The van der Waals surface area contributed by atoms with Gasteiger partial charge in [-0.05, 0) is 55.7 Å².